The van der Waals surface area contributed by atoms with E-state index in [1.54, 1.807) is 39.5 Å². The third-order valence-corrected chi connectivity index (χ3v) is 2.65. The second-order valence-corrected chi connectivity index (χ2v) is 4.07. The largest absolute Gasteiger partial charge is 0.497 e. The molecule has 1 aromatic heterocycles. The van der Waals surface area contributed by atoms with Gasteiger partial charge >= 0.3 is 0 Å². The van der Waals surface area contributed by atoms with Crippen LogP contribution in [0, 0.1) is 0 Å². The Morgan fingerprint density at radius 2 is 1.90 bits per heavy atom. The number of nitrogens with one attached hydrogen (secondary N) is 1. The van der Waals surface area contributed by atoms with Gasteiger partial charge in [-0.15, -0.1) is 0 Å². The van der Waals surface area contributed by atoms with Gasteiger partial charge in [0.1, 0.15) is 11.5 Å². The van der Waals surface area contributed by atoms with Crippen LogP contribution in [0.3, 0.4) is 0 Å². The highest BCUT2D eigenvalue weighted by atomic mass is 16.5. The molecule has 1 aromatic carbocycles. The van der Waals surface area contributed by atoms with Crippen LogP contribution >= 0.6 is 0 Å². The first-order valence-electron chi connectivity index (χ1n) is 5.86. The van der Waals surface area contributed by atoms with E-state index in [9.17, 15) is 4.79 Å². The zero-order valence-corrected chi connectivity index (χ0v) is 11.5. The molecule has 20 heavy (non-hydrogen) atoms. The zero-order valence-electron chi connectivity index (χ0n) is 11.5. The van der Waals surface area contributed by atoms with Gasteiger partial charge in [0.15, 0.2) is 0 Å². The molecule has 0 saturated carbocycles. The van der Waals surface area contributed by atoms with Crippen molar-refractivity contribution in [2.75, 3.05) is 19.5 Å². The van der Waals surface area contributed by atoms with Crippen molar-refractivity contribution in [2.24, 2.45) is 7.05 Å². The van der Waals surface area contributed by atoms with Gasteiger partial charge in [-0.3, -0.25) is 10.1 Å². The van der Waals surface area contributed by atoms with E-state index in [1.807, 2.05) is 0 Å². The molecule has 0 aliphatic heterocycles. The molecule has 0 saturated heterocycles. The summed E-state index contributed by atoms with van der Waals surface area (Å²) in [7, 11) is 4.76. The average Bonchev–Trinajstić information content (AvgIpc) is 2.83. The van der Waals surface area contributed by atoms with Crippen LogP contribution in [-0.2, 0) is 18.3 Å². The number of hydrogen-bond acceptors (Lipinski definition) is 6. The fourth-order valence-electron chi connectivity index (χ4n) is 1.66. The Labute approximate surface area is 115 Å². The summed E-state index contributed by atoms with van der Waals surface area (Å²) in [6.07, 6.45) is 0.167. The molecule has 2 rings (SSSR count). The van der Waals surface area contributed by atoms with Crippen molar-refractivity contribution in [2.45, 2.75) is 6.42 Å². The van der Waals surface area contributed by atoms with E-state index in [-0.39, 0.29) is 12.3 Å². The number of carbonyl (C=O) groups excluding carboxylic acids is 1. The smallest absolute Gasteiger partial charge is 0.249 e. The van der Waals surface area contributed by atoms with E-state index < -0.39 is 0 Å². The highest BCUT2D eigenvalue weighted by molar-refractivity contribution is 5.90. The number of rotatable bonds is 5. The molecule has 2 aromatic rings. The highest BCUT2D eigenvalue weighted by Gasteiger charge is 2.10. The van der Waals surface area contributed by atoms with Crippen LogP contribution < -0.4 is 14.8 Å². The van der Waals surface area contributed by atoms with Crippen molar-refractivity contribution in [1.29, 1.82) is 0 Å². The van der Waals surface area contributed by atoms with Crippen LogP contribution in [0.15, 0.2) is 18.2 Å². The molecule has 1 N–H and O–H groups in total. The third-order valence-electron chi connectivity index (χ3n) is 2.65. The van der Waals surface area contributed by atoms with E-state index in [0.717, 1.165) is 5.56 Å². The maximum Gasteiger partial charge on any atom is 0.249 e. The predicted molar refractivity (Wildman–Crippen MR) is 70.7 cm³/mol. The molecule has 1 amide bonds. The second kappa shape index (κ2) is 6.00. The van der Waals surface area contributed by atoms with Crippen LogP contribution in [0.2, 0.25) is 0 Å². The number of anilines is 1. The molecule has 0 bridgehead atoms. The standard InChI is InChI=1S/C12H15N5O3/c1-17-12(14-15-16-17)13-11(18)6-8-4-9(19-2)7-10(5-8)20-3/h4-5,7H,6H2,1-3H3,(H,13,14,16,18). The first-order chi connectivity index (χ1) is 9.62. The summed E-state index contributed by atoms with van der Waals surface area (Å²) in [6.45, 7) is 0. The first-order valence-corrected chi connectivity index (χ1v) is 5.86. The number of aromatic nitrogens is 4. The molecule has 8 nitrogen and oxygen atoms in total. The third kappa shape index (κ3) is 3.22. The second-order valence-electron chi connectivity index (χ2n) is 4.07. The Bertz CT molecular complexity index is 589. The number of amides is 1. The number of aryl methyl sites for hydroxylation is 1. The summed E-state index contributed by atoms with van der Waals surface area (Å²) in [5.74, 6) is 1.34. The van der Waals surface area contributed by atoms with Crippen LogP contribution in [-0.4, -0.2) is 40.3 Å². The molecule has 0 aliphatic carbocycles. The normalized spacial score (nSPS) is 10.2. The van der Waals surface area contributed by atoms with Gasteiger partial charge in [-0.1, -0.05) is 5.10 Å². The lowest BCUT2D eigenvalue weighted by atomic mass is 10.1. The molecule has 106 valence electrons. The molecule has 0 radical (unpaired) electrons. The molecule has 0 atom stereocenters. The van der Waals surface area contributed by atoms with E-state index in [4.69, 9.17) is 9.47 Å². The van der Waals surface area contributed by atoms with Crippen LogP contribution in [0.1, 0.15) is 5.56 Å². The van der Waals surface area contributed by atoms with Crippen molar-refractivity contribution in [3.05, 3.63) is 23.8 Å². The fourth-order valence-corrected chi connectivity index (χ4v) is 1.66. The summed E-state index contributed by atoms with van der Waals surface area (Å²) in [6, 6.07) is 5.29. The summed E-state index contributed by atoms with van der Waals surface area (Å²) >= 11 is 0. The summed E-state index contributed by atoms with van der Waals surface area (Å²) < 4.78 is 11.7. The zero-order chi connectivity index (χ0) is 14.5. The molecule has 0 aliphatic rings. The Hall–Kier alpha value is -2.64. The summed E-state index contributed by atoms with van der Waals surface area (Å²) in [5, 5.41) is 13.4. The van der Waals surface area contributed by atoms with Crippen molar-refractivity contribution < 1.29 is 14.3 Å². The SMILES string of the molecule is COc1cc(CC(=O)Nc2nnnn2C)cc(OC)c1. The average molecular weight is 277 g/mol. The summed E-state index contributed by atoms with van der Waals surface area (Å²) in [4.78, 5) is 11.9. The Morgan fingerprint density at radius 3 is 2.40 bits per heavy atom. The minimum atomic E-state index is -0.224. The number of carbonyl (C=O) groups is 1. The van der Waals surface area contributed by atoms with Gasteiger partial charge in [0, 0.05) is 13.1 Å². The van der Waals surface area contributed by atoms with Gasteiger partial charge in [0.25, 0.3) is 0 Å². The van der Waals surface area contributed by atoms with Crippen molar-refractivity contribution >= 4 is 11.9 Å². The van der Waals surface area contributed by atoms with Gasteiger partial charge in [-0.05, 0) is 28.1 Å². The maximum absolute atomic E-state index is 11.9. The van der Waals surface area contributed by atoms with E-state index in [0.29, 0.717) is 17.4 Å². The van der Waals surface area contributed by atoms with Gasteiger partial charge in [0.05, 0.1) is 20.6 Å². The molecule has 0 spiro atoms. The minimum absolute atomic E-state index is 0.167. The van der Waals surface area contributed by atoms with Crippen molar-refractivity contribution in [3.8, 4) is 11.5 Å². The lowest BCUT2D eigenvalue weighted by Gasteiger charge is -2.08. The van der Waals surface area contributed by atoms with Gasteiger partial charge in [-0.25, -0.2) is 4.68 Å². The number of nitrogens with zero attached hydrogens (tertiary/aromatic N) is 4. The number of benzene rings is 1. The van der Waals surface area contributed by atoms with E-state index in [2.05, 4.69) is 20.8 Å². The van der Waals surface area contributed by atoms with E-state index >= 15 is 0 Å². The van der Waals surface area contributed by atoms with E-state index in [1.165, 1.54) is 4.68 Å². The lowest BCUT2D eigenvalue weighted by Crippen LogP contribution is -2.17. The quantitative estimate of drug-likeness (QED) is 0.851. The Morgan fingerprint density at radius 1 is 1.25 bits per heavy atom. The number of methoxy groups -OCH3 is 2. The molecule has 1 heterocycles. The first kappa shape index (κ1) is 13.8. The van der Waals surface area contributed by atoms with Gasteiger partial charge in [-0.2, -0.15) is 0 Å². The molecule has 0 unspecified atom stereocenters. The van der Waals surface area contributed by atoms with Crippen LogP contribution in [0.4, 0.5) is 5.95 Å². The lowest BCUT2D eigenvalue weighted by molar-refractivity contribution is -0.115. The highest BCUT2D eigenvalue weighted by Crippen LogP contribution is 2.22. The number of hydrogen-bond donors (Lipinski definition) is 1. The molecule has 8 heteroatoms. The Balaban J connectivity index is 2.09. The predicted octanol–water partition coefficient (Wildman–Crippen LogP) is 0.408. The monoisotopic (exact) mass is 277 g/mol. The summed E-state index contributed by atoms with van der Waals surface area (Å²) in [5.41, 5.74) is 0.772. The maximum atomic E-state index is 11.9. The fraction of sp³-hybridized carbons (Fsp3) is 0.333. The van der Waals surface area contributed by atoms with Crippen LogP contribution in [0.25, 0.3) is 0 Å². The number of tetrazole rings is 1. The molecule has 0 fully saturated rings. The topological polar surface area (TPSA) is 91.2 Å². The molecular formula is C12H15N5O3. The molecular weight excluding hydrogens is 262 g/mol. The van der Waals surface area contributed by atoms with Crippen LogP contribution in [0.5, 0.6) is 11.5 Å². The van der Waals surface area contributed by atoms with Gasteiger partial charge in [0.2, 0.25) is 11.9 Å². The van der Waals surface area contributed by atoms with Crippen molar-refractivity contribution in [3.63, 3.8) is 0 Å². The minimum Gasteiger partial charge on any atom is -0.497 e. The number of ether oxygens (including phenoxy) is 2. The van der Waals surface area contributed by atoms with Crippen molar-refractivity contribution in [1.82, 2.24) is 20.2 Å². The Kier molecular flexibility index (Phi) is 4.14. The van der Waals surface area contributed by atoms with Gasteiger partial charge < -0.3 is 9.47 Å².